The molecular weight excluding hydrogens is 440 g/mol. The summed E-state index contributed by atoms with van der Waals surface area (Å²) in [5, 5.41) is 5.12. The average Bonchev–Trinajstić information content (AvgIpc) is 3.28. The van der Waals surface area contributed by atoms with Gasteiger partial charge < -0.3 is 11.1 Å². The Morgan fingerprint density at radius 1 is 1.06 bits per heavy atom. The SMILES string of the molecule is CCN(CC)S(=O)(=O)c1ccc(C(=O)Nc2sc3c(c2C(=O)NC(N)=O)CCC3)cc1. The Labute approximate surface area is 184 Å². The van der Waals surface area contributed by atoms with Crippen LogP contribution in [0.4, 0.5) is 9.80 Å². The molecule has 4 N–H and O–H groups in total. The predicted molar refractivity (Wildman–Crippen MR) is 118 cm³/mol. The number of nitrogens with zero attached hydrogens (tertiary/aromatic N) is 1. The van der Waals surface area contributed by atoms with Gasteiger partial charge in [0.25, 0.3) is 11.8 Å². The Kier molecular flexibility index (Phi) is 6.77. The molecule has 0 atom stereocenters. The first kappa shape index (κ1) is 22.9. The Morgan fingerprint density at radius 2 is 1.71 bits per heavy atom. The Hall–Kier alpha value is -2.76. The number of carbonyl (C=O) groups is 3. The second-order valence-electron chi connectivity index (χ2n) is 6.95. The van der Waals surface area contributed by atoms with Crippen molar-refractivity contribution >= 4 is 44.2 Å². The van der Waals surface area contributed by atoms with Crippen molar-refractivity contribution in [2.45, 2.75) is 38.0 Å². The van der Waals surface area contributed by atoms with E-state index in [4.69, 9.17) is 5.73 Å². The first-order valence-electron chi connectivity index (χ1n) is 9.85. The predicted octanol–water partition coefficient (Wildman–Crippen LogP) is 2.33. The zero-order valence-corrected chi connectivity index (χ0v) is 18.9. The molecule has 0 bridgehead atoms. The van der Waals surface area contributed by atoms with Crippen molar-refractivity contribution < 1.29 is 22.8 Å². The number of rotatable bonds is 7. The molecule has 0 saturated carbocycles. The smallest absolute Gasteiger partial charge is 0.319 e. The van der Waals surface area contributed by atoms with Gasteiger partial charge in [-0.3, -0.25) is 14.9 Å². The second-order valence-corrected chi connectivity index (χ2v) is 9.99. The molecule has 1 heterocycles. The number of thiophene rings is 1. The third kappa shape index (κ3) is 4.63. The van der Waals surface area contributed by atoms with Gasteiger partial charge in [-0.05, 0) is 49.1 Å². The van der Waals surface area contributed by atoms with E-state index >= 15 is 0 Å². The maximum Gasteiger partial charge on any atom is 0.319 e. The largest absolute Gasteiger partial charge is 0.351 e. The number of nitrogens with two attached hydrogens (primary N) is 1. The molecule has 11 heteroatoms. The third-order valence-corrected chi connectivity index (χ3v) is 8.34. The number of carbonyl (C=O) groups excluding carboxylic acids is 3. The normalized spacial score (nSPS) is 13.1. The Morgan fingerprint density at radius 3 is 2.29 bits per heavy atom. The van der Waals surface area contributed by atoms with Gasteiger partial charge in [0.1, 0.15) is 5.00 Å². The lowest BCUT2D eigenvalue weighted by Crippen LogP contribution is -2.35. The highest BCUT2D eigenvalue weighted by Gasteiger charge is 2.28. The molecule has 0 aliphatic heterocycles. The third-order valence-electron chi connectivity index (χ3n) is 5.07. The lowest BCUT2D eigenvalue weighted by Gasteiger charge is -2.18. The average molecular weight is 465 g/mol. The van der Waals surface area contributed by atoms with Gasteiger partial charge >= 0.3 is 6.03 Å². The minimum atomic E-state index is -3.62. The Bertz CT molecular complexity index is 1120. The number of amides is 4. The lowest BCUT2D eigenvalue weighted by molar-refractivity contribution is 0.0966. The van der Waals surface area contributed by atoms with Crippen molar-refractivity contribution in [2.75, 3.05) is 18.4 Å². The Balaban J connectivity index is 1.84. The number of aryl methyl sites for hydroxylation is 1. The van der Waals surface area contributed by atoms with Crippen LogP contribution in [0.3, 0.4) is 0 Å². The molecule has 31 heavy (non-hydrogen) atoms. The van der Waals surface area contributed by atoms with Crippen LogP contribution >= 0.6 is 11.3 Å². The van der Waals surface area contributed by atoms with Gasteiger partial charge in [0.2, 0.25) is 10.0 Å². The molecule has 1 aromatic heterocycles. The standard InChI is InChI=1S/C20H24N4O5S2/c1-3-24(4-2)31(28,29)13-10-8-12(9-11-13)17(25)22-19-16(18(26)23-20(21)27)14-6-5-7-15(14)30-19/h8-11H,3-7H2,1-2H3,(H,22,25)(H3,21,23,26,27). The summed E-state index contributed by atoms with van der Waals surface area (Å²) < 4.78 is 26.5. The summed E-state index contributed by atoms with van der Waals surface area (Å²) in [5.74, 6) is -1.14. The van der Waals surface area contributed by atoms with Crippen molar-refractivity contribution in [3.63, 3.8) is 0 Å². The summed E-state index contributed by atoms with van der Waals surface area (Å²) in [5.41, 5.74) is 6.39. The number of hydrogen-bond donors (Lipinski definition) is 3. The number of primary amides is 1. The number of nitrogens with one attached hydrogen (secondary N) is 2. The molecule has 9 nitrogen and oxygen atoms in total. The molecule has 166 valence electrons. The van der Waals surface area contributed by atoms with Crippen molar-refractivity contribution in [1.29, 1.82) is 0 Å². The monoisotopic (exact) mass is 464 g/mol. The molecule has 0 fully saturated rings. The van der Waals surface area contributed by atoms with Crippen molar-refractivity contribution in [2.24, 2.45) is 5.73 Å². The van der Waals surface area contributed by atoms with Gasteiger partial charge in [0.15, 0.2) is 0 Å². The number of anilines is 1. The summed E-state index contributed by atoms with van der Waals surface area (Å²) in [7, 11) is -3.62. The summed E-state index contributed by atoms with van der Waals surface area (Å²) in [6.07, 6.45) is 2.38. The molecule has 4 amide bonds. The fourth-order valence-electron chi connectivity index (χ4n) is 3.57. The number of imide groups is 1. The highest BCUT2D eigenvalue weighted by molar-refractivity contribution is 7.89. The van der Waals surface area contributed by atoms with E-state index in [9.17, 15) is 22.8 Å². The quantitative estimate of drug-likeness (QED) is 0.577. The van der Waals surface area contributed by atoms with Gasteiger partial charge in [-0.1, -0.05) is 13.8 Å². The maximum atomic E-state index is 12.8. The van der Waals surface area contributed by atoms with E-state index in [2.05, 4.69) is 10.6 Å². The maximum absolute atomic E-state index is 12.8. The molecule has 1 aliphatic carbocycles. The zero-order chi connectivity index (χ0) is 22.8. The summed E-state index contributed by atoms with van der Waals surface area (Å²) >= 11 is 1.30. The van der Waals surface area contributed by atoms with Crippen LogP contribution < -0.4 is 16.4 Å². The minimum absolute atomic E-state index is 0.101. The summed E-state index contributed by atoms with van der Waals surface area (Å²) in [4.78, 5) is 37.4. The van der Waals surface area contributed by atoms with Gasteiger partial charge in [0, 0.05) is 23.5 Å². The van der Waals surface area contributed by atoms with Crippen LogP contribution in [-0.4, -0.2) is 43.7 Å². The van der Waals surface area contributed by atoms with Crippen LogP contribution in [0.2, 0.25) is 0 Å². The van der Waals surface area contributed by atoms with Crippen LogP contribution in [-0.2, 0) is 22.9 Å². The molecule has 0 unspecified atom stereocenters. The number of sulfonamides is 1. The van der Waals surface area contributed by atoms with Crippen LogP contribution in [0.1, 0.15) is 51.4 Å². The molecule has 2 aromatic rings. The first-order chi connectivity index (χ1) is 14.7. The highest BCUT2D eigenvalue weighted by atomic mass is 32.2. The number of urea groups is 1. The highest BCUT2D eigenvalue weighted by Crippen LogP contribution is 2.39. The van der Waals surface area contributed by atoms with Crippen LogP contribution in [0.25, 0.3) is 0 Å². The summed E-state index contributed by atoms with van der Waals surface area (Å²) in [6.45, 7) is 4.21. The second kappa shape index (κ2) is 9.16. The van der Waals surface area contributed by atoms with E-state index in [-0.39, 0.29) is 16.0 Å². The molecular formula is C20H24N4O5S2. The number of benzene rings is 1. The van der Waals surface area contributed by atoms with Gasteiger partial charge in [-0.15, -0.1) is 11.3 Å². The fourth-order valence-corrected chi connectivity index (χ4v) is 6.31. The molecule has 3 rings (SSSR count). The van der Waals surface area contributed by atoms with Crippen molar-refractivity contribution in [3.8, 4) is 0 Å². The van der Waals surface area contributed by atoms with Gasteiger partial charge in [-0.2, -0.15) is 4.31 Å². The molecule has 0 spiro atoms. The lowest BCUT2D eigenvalue weighted by atomic mass is 10.1. The summed E-state index contributed by atoms with van der Waals surface area (Å²) in [6, 6.07) is 4.66. The molecule has 1 aromatic carbocycles. The topological polar surface area (TPSA) is 139 Å². The van der Waals surface area contributed by atoms with Crippen LogP contribution in [0.5, 0.6) is 0 Å². The first-order valence-corrected chi connectivity index (χ1v) is 12.1. The zero-order valence-electron chi connectivity index (χ0n) is 17.2. The van der Waals surface area contributed by atoms with Crippen LogP contribution in [0, 0.1) is 0 Å². The van der Waals surface area contributed by atoms with Gasteiger partial charge in [-0.25, -0.2) is 13.2 Å². The van der Waals surface area contributed by atoms with Crippen molar-refractivity contribution in [1.82, 2.24) is 9.62 Å². The molecule has 0 radical (unpaired) electrons. The minimum Gasteiger partial charge on any atom is -0.351 e. The van der Waals surface area contributed by atoms with E-state index in [1.807, 2.05) is 0 Å². The number of hydrogen-bond acceptors (Lipinski definition) is 6. The number of fused-ring (bicyclic) bond motifs is 1. The molecule has 1 aliphatic rings. The fraction of sp³-hybridized carbons (Fsp3) is 0.350. The van der Waals surface area contributed by atoms with Crippen LogP contribution in [0.15, 0.2) is 29.2 Å². The van der Waals surface area contributed by atoms with E-state index in [1.165, 1.54) is 39.9 Å². The van der Waals surface area contributed by atoms with E-state index in [0.29, 0.717) is 24.5 Å². The van der Waals surface area contributed by atoms with E-state index in [0.717, 1.165) is 23.3 Å². The van der Waals surface area contributed by atoms with E-state index < -0.39 is 27.9 Å². The van der Waals surface area contributed by atoms with Gasteiger partial charge in [0.05, 0.1) is 10.5 Å². The van der Waals surface area contributed by atoms with Crippen molar-refractivity contribution in [3.05, 3.63) is 45.8 Å². The van der Waals surface area contributed by atoms with E-state index in [1.54, 1.807) is 13.8 Å². The molecule has 0 saturated heterocycles.